The number of ether oxygens (including phenoxy) is 1. The van der Waals surface area contributed by atoms with E-state index in [2.05, 4.69) is 15.7 Å². The van der Waals surface area contributed by atoms with Gasteiger partial charge in [-0.25, -0.2) is 4.98 Å². The Kier molecular flexibility index (Phi) is 3.89. The highest BCUT2D eigenvalue weighted by molar-refractivity contribution is 7.09. The third-order valence-corrected chi connectivity index (χ3v) is 4.48. The lowest BCUT2D eigenvalue weighted by Gasteiger charge is -2.10. The fourth-order valence-electron chi connectivity index (χ4n) is 2.13. The second-order valence-corrected chi connectivity index (χ2v) is 5.88. The van der Waals surface area contributed by atoms with Crippen LogP contribution in [0.2, 0.25) is 0 Å². The molecule has 1 aliphatic rings. The largest absolute Gasteiger partial charge is 0.496 e. The van der Waals surface area contributed by atoms with Crippen molar-refractivity contribution in [2.24, 2.45) is 0 Å². The summed E-state index contributed by atoms with van der Waals surface area (Å²) in [6, 6.07) is 5.73. The van der Waals surface area contributed by atoms with Gasteiger partial charge in [-0.05, 0) is 31.0 Å². The number of hydrogen-bond donors (Lipinski definition) is 2. The van der Waals surface area contributed by atoms with Gasteiger partial charge in [-0.1, -0.05) is 0 Å². The fraction of sp³-hybridized carbons (Fsp3) is 0.400. The molecule has 4 nitrogen and oxygen atoms in total. The van der Waals surface area contributed by atoms with Gasteiger partial charge < -0.3 is 15.2 Å². The molecule has 2 aromatic rings. The normalized spacial score (nSPS) is 14.3. The molecule has 1 aromatic heterocycles. The van der Waals surface area contributed by atoms with Crippen LogP contribution in [-0.2, 0) is 13.2 Å². The number of aliphatic hydroxyl groups is 1. The van der Waals surface area contributed by atoms with Crippen LogP contribution in [0.5, 0.6) is 5.75 Å². The number of hydrogen-bond acceptors (Lipinski definition) is 5. The van der Waals surface area contributed by atoms with E-state index in [1.807, 2.05) is 18.2 Å². The van der Waals surface area contributed by atoms with Crippen molar-refractivity contribution in [1.29, 1.82) is 0 Å². The molecule has 1 saturated carbocycles. The molecule has 2 N–H and O–H groups in total. The first-order chi connectivity index (χ1) is 9.80. The second kappa shape index (κ2) is 5.81. The molecular formula is C15H18N2O2S. The molecule has 1 heterocycles. The number of benzene rings is 1. The predicted octanol–water partition coefficient (Wildman–Crippen LogP) is 3.13. The summed E-state index contributed by atoms with van der Waals surface area (Å²) in [6.45, 7) is 0.682. The molecule has 1 aromatic carbocycles. The van der Waals surface area contributed by atoms with Crippen LogP contribution in [-0.4, -0.2) is 17.2 Å². The van der Waals surface area contributed by atoms with Crippen molar-refractivity contribution in [2.45, 2.75) is 31.9 Å². The fourth-order valence-corrected chi connectivity index (χ4v) is 3.12. The number of anilines is 1. The van der Waals surface area contributed by atoms with Crippen LogP contribution in [0, 0.1) is 0 Å². The Morgan fingerprint density at radius 3 is 3.00 bits per heavy atom. The van der Waals surface area contributed by atoms with Gasteiger partial charge in [-0.2, -0.15) is 0 Å². The number of nitrogens with zero attached hydrogens (tertiary/aromatic N) is 1. The summed E-state index contributed by atoms with van der Waals surface area (Å²) in [5.41, 5.74) is 2.84. The Bertz CT molecular complexity index is 593. The Balaban J connectivity index is 1.64. The topological polar surface area (TPSA) is 54.4 Å². The lowest BCUT2D eigenvalue weighted by atomic mass is 10.2. The van der Waals surface area contributed by atoms with E-state index in [0.717, 1.165) is 22.9 Å². The molecule has 0 amide bonds. The van der Waals surface area contributed by atoms with E-state index in [9.17, 15) is 5.11 Å². The van der Waals surface area contributed by atoms with Gasteiger partial charge in [0.15, 0.2) is 0 Å². The average Bonchev–Trinajstić information content (AvgIpc) is 3.23. The van der Waals surface area contributed by atoms with E-state index in [0.29, 0.717) is 12.3 Å². The van der Waals surface area contributed by atoms with Crippen LogP contribution in [0.4, 0.5) is 5.69 Å². The number of nitrogens with one attached hydrogen (secondary N) is 1. The molecular weight excluding hydrogens is 272 g/mol. The quantitative estimate of drug-likeness (QED) is 0.858. The van der Waals surface area contributed by atoms with E-state index in [1.54, 1.807) is 18.4 Å². The lowest BCUT2D eigenvalue weighted by molar-refractivity contribution is 0.274. The van der Waals surface area contributed by atoms with Crippen molar-refractivity contribution < 1.29 is 9.84 Å². The molecule has 0 spiro atoms. The van der Waals surface area contributed by atoms with Gasteiger partial charge in [0.2, 0.25) is 0 Å². The predicted molar refractivity (Wildman–Crippen MR) is 80.3 cm³/mol. The van der Waals surface area contributed by atoms with E-state index >= 15 is 0 Å². The lowest BCUT2D eigenvalue weighted by Crippen LogP contribution is -2.01. The van der Waals surface area contributed by atoms with Crippen LogP contribution in [0.3, 0.4) is 0 Å². The van der Waals surface area contributed by atoms with Crippen molar-refractivity contribution >= 4 is 17.0 Å². The van der Waals surface area contributed by atoms with Crippen molar-refractivity contribution in [3.05, 3.63) is 39.8 Å². The third kappa shape index (κ3) is 2.94. The highest BCUT2D eigenvalue weighted by Crippen LogP contribution is 2.41. The molecule has 0 atom stereocenters. The van der Waals surface area contributed by atoms with Gasteiger partial charge in [0.05, 0.1) is 31.0 Å². The SMILES string of the molecule is COc1ccc(NCc2csc(C3CC3)n2)cc1CO. The summed E-state index contributed by atoms with van der Waals surface area (Å²) in [4.78, 5) is 4.65. The first-order valence-electron chi connectivity index (χ1n) is 6.76. The number of thiazole rings is 1. The van der Waals surface area contributed by atoms with Gasteiger partial charge in [0.1, 0.15) is 5.75 Å². The first-order valence-corrected chi connectivity index (χ1v) is 7.64. The monoisotopic (exact) mass is 290 g/mol. The van der Waals surface area contributed by atoms with Gasteiger partial charge >= 0.3 is 0 Å². The highest BCUT2D eigenvalue weighted by Gasteiger charge is 2.26. The standard InChI is InChI=1S/C15H18N2O2S/c1-19-14-5-4-12(6-11(14)8-18)16-7-13-9-20-15(17-13)10-2-3-10/h4-6,9-10,16,18H,2-3,7-8H2,1H3. The van der Waals surface area contributed by atoms with Gasteiger partial charge in [-0.15, -0.1) is 11.3 Å². The molecule has 0 aliphatic heterocycles. The molecule has 1 fully saturated rings. The van der Waals surface area contributed by atoms with Crippen molar-refractivity contribution in [3.8, 4) is 5.75 Å². The Hall–Kier alpha value is -1.59. The zero-order valence-electron chi connectivity index (χ0n) is 11.4. The minimum Gasteiger partial charge on any atom is -0.496 e. The molecule has 0 saturated heterocycles. The van der Waals surface area contributed by atoms with Gasteiger partial charge in [-0.3, -0.25) is 0 Å². The zero-order valence-corrected chi connectivity index (χ0v) is 12.2. The molecule has 0 radical (unpaired) electrons. The van der Waals surface area contributed by atoms with Crippen molar-refractivity contribution in [2.75, 3.05) is 12.4 Å². The Morgan fingerprint density at radius 2 is 2.30 bits per heavy atom. The number of aromatic nitrogens is 1. The van der Waals surface area contributed by atoms with Crippen LogP contribution in [0.15, 0.2) is 23.6 Å². The van der Waals surface area contributed by atoms with E-state index in [1.165, 1.54) is 17.8 Å². The smallest absolute Gasteiger partial charge is 0.124 e. The minimum atomic E-state index is -0.0266. The van der Waals surface area contributed by atoms with Crippen LogP contribution >= 0.6 is 11.3 Å². The molecule has 5 heteroatoms. The number of rotatable bonds is 6. The maximum absolute atomic E-state index is 9.31. The van der Waals surface area contributed by atoms with E-state index < -0.39 is 0 Å². The summed E-state index contributed by atoms with van der Waals surface area (Å²) in [5, 5.41) is 16.0. The number of methoxy groups -OCH3 is 1. The van der Waals surface area contributed by atoms with Crippen LogP contribution in [0.25, 0.3) is 0 Å². The summed E-state index contributed by atoms with van der Waals surface area (Å²) in [7, 11) is 1.61. The molecule has 1 aliphatic carbocycles. The third-order valence-electron chi connectivity index (χ3n) is 3.42. The molecule has 0 unspecified atom stereocenters. The highest BCUT2D eigenvalue weighted by atomic mass is 32.1. The van der Waals surface area contributed by atoms with Gasteiger partial charge in [0, 0.05) is 22.5 Å². The Labute approximate surface area is 122 Å². The summed E-state index contributed by atoms with van der Waals surface area (Å²) in [6.07, 6.45) is 2.58. The summed E-state index contributed by atoms with van der Waals surface area (Å²) in [5.74, 6) is 1.43. The molecule has 3 rings (SSSR count). The molecule has 106 valence electrons. The summed E-state index contributed by atoms with van der Waals surface area (Å²) < 4.78 is 5.19. The number of aliphatic hydroxyl groups excluding tert-OH is 1. The van der Waals surface area contributed by atoms with Crippen LogP contribution in [0.1, 0.15) is 35.0 Å². The first kappa shape index (κ1) is 13.4. The van der Waals surface area contributed by atoms with Crippen molar-refractivity contribution in [1.82, 2.24) is 4.98 Å². The molecule has 0 bridgehead atoms. The van der Waals surface area contributed by atoms with Gasteiger partial charge in [0.25, 0.3) is 0 Å². The maximum Gasteiger partial charge on any atom is 0.124 e. The Morgan fingerprint density at radius 1 is 1.45 bits per heavy atom. The maximum atomic E-state index is 9.31. The average molecular weight is 290 g/mol. The van der Waals surface area contributed by atoms with E-state index in [4.69, 9.17) is 4.74 Å². The molecule has 20 heavy (non-hydrogen) atoms. The second-order valence-electron chi connectivity index (χ2n) is 4.99. The van der Waals surface area contributed by atoms with Crippen molar-refractivity contribution in [3.63, 3.8) is 0 Å². The van der Waals surface area contributed by atoms with E-state index in [-0.39, 0.29) is 6.61 Å². The zero-order chi connectivity index (χ0) is 13.9. The summed E-state index contributed by atoms with van der Waals surface area (Å²) >= 11 is 1.76. The minimum absolute atomic E-state index is 0.0266. The van der Waals surface area contributed by atoms with Crippen LogP contribution < -0.4 is 10.1 Å².